The molecule has 0 spiro atoms. The van der Waals surface area contributed by atoms with E-state index in [2.05, 4.69) is 202 Å². The minimum Gasteiger partial charge on any atom is -0.228 e. The molecule has 2 aromatic heterocycles. The maximum absolute atomic E-state index is 5.38. The molecular weight excluding hydrogens is 745 g/mol. The summed E-state index contributed by atoms with van der Waals surface area (Å²) >= 11 is 1.88. The Morgan fingerprint density at radius 1 is 0.383 bits per heavy atom. The SMILES string of the molecule is CC1(C)c2cc3ccccc3cc2-c2c(-c3cc(-c4ccc(-c5ccccc5-c5cccc6c5sc5ccccc56)c5ccccc45)nc(-c4ccccc4)n3)cccc21. The standard InChI is InChI=1S/C57H38N2S/c1-57(2)49-28-15-27-47(54(49)48-32-36-18-6-7-19-37(36)33-50(48)57)52-34-51(58-56(59-52)35-16-4-3-5-17-35)43-31-30-42(38-20-8-10-22-40(38)43)39-21-9-11-23-41(39)45-25-14-26-46-44-24-12-13-29-53(44)60-55(45)46/h3-34H,1-2H3. The van der Waals surface area contributed by atoms with E-state index in [4.69, 9.17) is 9.97 Å². The van der Waals surface area contributed by atoms with Gasteiger partial charge < -0.3 is 0 Å². The highest BCUT2D eigenvalue weighted by molar-refractivity contribution is 7.26. The van der Waals surface area contributed by atoms with Crippen LogP contribution in [0.1, 0.15) is 25.0 Å². The molecule has 2 heterocycles. The molecule has 9 aromatic carbocycles. The first-order valence-electron chi connectivity index (χ1n) is 20.7. The van der Waals surface area contributed by atoms with Gasteiger partial charge in [-0.2, -0.15) is 0 Å². The van der Waals surface area contributed by atoms with Crippen LogP contribution in [0.25, 0.3) is 109 Å². The van der Waals surface area contributed by atoms with Gasteiger partial charge in [-0.15, -0.1) is 11.3 Å². The first-order chi connectivity index (χ1) is 29.5. The van der Waals surface area contributed by atoms with Gasteiger partial charge in [0.2, 0.25) is 0 Å². The third-order valence-corrected chi connectivity index (χ3v) is 13.9. The number of fused-ring (bicyclic) bond motifs is 8. The second-order valence-corrected chi connectivity index (χ2v) is 17.5. The zero-order valence-corrected chi connectivity index (χ0v) is 34.1. The van der Waals surface area contributed by atoms with Gasteiger partial charge in [0.05, 0.1) is 11.4 Å². The van der Waals surface area contributed by atoms with Crippen LogP contribution in [-0.2, 0) is 5.41 Å². The molecule has 0 fully saturated rings. The third-order valence-electron chi connectivity index (χ3n) is 12.7. The van der Waals surface area contributed by atoms with E-state index in [9.17, 15) is 0 Å². The zero-order valence-electron chi connectivity index (χ0n) is 33.3. The van der Waals surface area contributed by atoms with Gasteiger partial charge in [0, 0.05) is 47.8 Å². The number of hydrogen-bond donors (Lipinski definition) is 0. The van der Waals surface area contributed by atoms with Crippen LogP contribution in [0, 0.1) is 0 Å². The molecule has 1 aliphatic carbocycles. The van der Waals surface area contributed by atoms with Crippen molar-refractivity contribution < 1.29 is 0 Å². The van der Waals surface area contributed by atoms with Crippen molar-refractivity contribution in [2.45, 2.75) is 19.3 Å². The van der Waals surface area contributed by atoms with Crippen LogP contribution < -0.4 is 0 Å². The Morgan fingerprint density at radius 2 is 0.950 bits per heavy atom. The van der Waals surface area contributed by atoms with Crippen molar-refractivity contribution in [2.24, 2.45) is 0 Å². The Labute approximate surface area is 353 Å². The monoisotopic (exact) mass is 782 g/mol. The molecule has 0 aliphatic heterocycles. The van der Waals surface area contributed by atoms with E-state index in [1.807, 2.05) is 17.4 Å². The molecule has 11 aromatic rings. The smallest absolute Gasteiger partial charge is 0.160 e. The molecule has 60 heavy (non-hydrogen) atoms. The first kappa shape index (κ1) is 34.8. The number of rotatable bonds is 5. The van der Waals surface area contributed by atoms with Crippen LogP contribution in [-0.4, -0.2) is 9.97 Å². The lowest BCUT2D eigenvalue weighted by Gasteiger charge is -2.22. The third kappa shape index (κ3) is 5.33. The van der Waals surface area contributed by atoms with Gasteiger partial charge in [0.25, 0.3) is 0 Å². The number of nitrogens with zero attached hydrogens (tertiary/aromatic N) is 2. The highest BCUT2D eigenvalue weighted by atomic mass is 32.1. The predicted molar refractivity (Wildman–Crippen MR) is 255 cm³/mol. The molecule has 3 heteroatoms. The Bertz CT molecular complexity index is 3520. The summed E-state index contributed by atoms with van der Waals surface area (Å²) in [5, 5.41) is 7.48. The van der Waals surface area contributed by atoms with Crippen molar-refractivity contribution in [3.8, 4) is 67.3 Å². The van der Waals surface area contributed by atoms with Crippen LogP contribution in [0.15, 0.2) is 194 Å². The quantitative estimate of drug-likeness (QED) is 0.174. The van der Waals surface area contributed by atoms with Crippen LogP contribution in [0.4, 0.5) is 0 Å². The second kappa shape index (κ2) is 13.4. The van der Waals surface area contributed by atoms with E-state index in [0.717, 1.165) is 33.5 Å². The van der Waals surface area contributed by atoms with Crippen LogP contribution in [0.3, 0.4) is 0 Å². The van der Waals surface area contributed by atoms with Crippen LogP contribution in [0.2, 0.25) is 0 Å². The van der Waals surface area contributed by atoms with Crippen molar-refractivity contribution >= 4 is 53.1 Å². The summed E-state index contributed by atoms with van der Waals surface area (Å²) in [4.78, 5) is 10.8. The number of hydrogen-bond acceptors (Lipinski definition) is 3. The highest BCUT2D eigenvalue weighted by Gasteiger charge is 2.37. The van der Waals surface area contributed by atoms with Crippen LogP contribution >= 0.6 is 11.3 Å². The largest absolute Gasteiger partial charge is 0.228 e. The molecule has 1 aliphatic rings. The van der Waals surface area contributed by atoms with Gasteiger partial charge >= 0.3 is 0 Å². The minimum absolute atomic E-state index is 0.159. The van der Waals surface area contributed by atoms with Gasteiger partial charge in [0.1, 0.15) is 0 Å². The van der Waals surface area contributed by atoms with E-state index in [1.165, 1.54) is 80.8 Å². The zero-order chi connectivity index (χ0) is 40.0. The van der Waals surface area contributed by atoms with Crippen molar-refractivity contribution in [3.63, 3.8) is 0 Å². The molecule has 0 atom stereocenters. The summed E-state index contributed by atoms with van der Waals surface area (Å²) in [6.45, 7) is 4.71. The molecule has 0 amide bonds. The van der Waals surface area contributed by atoms with Crippen molar-refractivity contribution in [1.82, 2.24) is 9.97 Å². The lowest BCUT2D eigenvalue weighted by Crippen LogP contribution is -2.14. The summed E-state index contributed by atoms with van der Waals surface area (Å²) in [5.74, 6) is 0.714. The maximum Gasteiger partial charge on any atom is 0.160 e. The topological polar surface area (TPSA) is 25.8 Å². The lowest BCUT2D eigenvalue weighted by molar-refractivity contribution is 0.661. The molecule has 0 saturated heterocycles. The number of benzene rings is 9. The minimum atomic E-state index is -0.159. The van der Waals surface area contributed by atoms with Crippen LogP contribution in [0.5, 0.6) is 0 Å². The maximum atomic E-state index is 5.38. The van der Waals surface area contributed by atoms with Gasteiger partial charge in [-0.05, 0) is 84.8 Å². The Balaban J connectivity index is 1.06. The molecule has 0 N–H and O–H groups in total. The van der Waals surface area contributed by atoms with E-state index in [1.54, 1.807) is 0 Å². The fourth-order valence-corrected chi connectivity index (χ4v) is 11.0. The predicted octanol–water partition coefficient (Wildman–Crippen LogP) is 15.8. The van der Waals surface area contributed by atoms with E-state index in [-0.39, 0.29) is 5.41 Å². The molecule has 0 saturated carbocycles. The second-order valence-electron chi connectivity index (χ2n) is 16.5. The fraction of sp³-hybridized carbons (Fsp3) is 0.0526. The molecule has 0 radical (unpaired) electrons. The normalized spacial score (nSPS) is 13.0. The molecule has 0 bridgehead atoms. The molecule has 0 unspecified atom stereocenters. The van der Waals surface area contributed by atoms with Gasteiger partial charge in [0.15, 0.2) is 5.82 Å². The van der Waals surface area contributed by atoms with Crippen molar-refractivity contribution in [2.75, 3.05) is 0 Å². The van der Waals surface area contributed by atoms with Crippen molar-refractivity contribution in [1.29, 1.82) is 0 Å². The molecule has 282 valence electrons. The first-order valence-corrected chi connectivity index (χ1v) is 21.5. The highest BCUT2D eigenvalue weighted by Crippen LogP contribution is 2.53. The van der Waals surface area contributed by atoms with Gasteiger partial charge in [-0.3, -0.25) is 0 Å². The van der Waals surface area contributed by atoms with Gasteiger partial charge in [-0.25, -0.2) is 9.97 Å². The molecule has 2 nitrogen and oxygen atoms in total. The van der Waals surface area contributed by atoms with E-state index >= 15 is 0 Å². The average molecular weight is 783 g/mol. The van der Waals surface area contributed by atoms with E-state index < -0.39 is 0 Å². The Hall–Kier alpha value is -7.20. The summed E-state index contributed by atoms with van der Waals surface area (Å²) < 4.78 is 2.63. The fourth-order valence-electron chi connectivity index (χ4n) is 9.80. The van der Waals surface area contributed by atoms with Crippen molar-refractivity contribution in [3.05, 3.63) is 205 Å². The Morgan fingerprint density at radius 3 is 1.75 bits per heavy atom. The molecule has 12 rings (SSSR count). The summed E-state index contributed by atoms with van der Waals surface area (Å²) in [6, 6.07) is 70.6. The lowest BCUT2D eigenvalue weighted by atomic mass is 9.81. The molecular formula is C57H38N2S. The Kier molecular flexibility index (Phi) is 7.79. The van der Waals surface area contributed by atoms with E-state index in [0.29, 0.717) is 5.82 Å². The average Bonchev–Trinajstić information content (AvgIpc) is 3.79. The summed E-state index contributed by atoms with van der Waals surface area (Å²) in [6.07, 6.45) is 0. The summed E-state index contributed by atoms with van der Waals surface area (Å²) in [7, 11) is 0. The number of aromatic nitrogens is 2. The van der Waals surface area contributed by atoms with Gasteiger partial charge in [-0.1, -0.05) is 184 Å². The number of thiophene rings is 1. The summed E-state index contributed by atoms with van der Waals surface area (Å²) in [5.41, 5.74) is 15.0.